The van der Waals surface area contributed by atoms with E-state index >= 15 is 0 Å². The van der Waals surface area contributed by atoms with Gasteiger partial charge in [0.15, 0.2) is 0 Å². The van der Waals surface area contributed by atoms with Crippen LogP contribution in [0.2, 0.25) is 5.02 Å². The van der Waals surface area contributed by atoms with E-state index in [2.05, 4.69) is 26.0 Å². The van der Waals surface area contributed by atoms with E-state index in [0.29, 0.717) is 12.5 Å². The first-order valence-corrected chi connectivity index (χ1v) is 6.71. The highest BCUT2D eigenvalue weighted by atomic mass is 35.5. The van der Waals surface area contributed by atoms with Crippen LogP contribution in [0.3, 0.4) is 0 Å². The Hall–Kier alpha value is -0.570. The predicted molar refractivity (Wildman–Crippen MR) is 73.3 cm³/mol. The summed E-state index contributed by atoms with van der Waals surface area (Å²) in [5.74, 6) is 0.641. The van der Waals surface area contributed by atoms with Crippen molar-refractivity contribution in [3.63, 3.8) is 0 Å². The lowest BCUT2D eigenvalue weighted by molar-refractivity contribution is 0.647. The average molecular weight is 254 g/mol. The van der Waals surface area contributed by atoms with Crippen molar-refractivity contribution in [2.45, 2.75) is 26.8 Å². The Morgan fingerprint density at radius 2 is 2.12 bits per heavy atom. The van der Waals surface area contributed by atoms with E-state index in [-0.39, 0.29) is 0 Å². The van der Waals surface area contributed by atoms with E-state index in [1.165, 1.54) is 20.5 Å². The van der Waals surface area contributed by atoms with Crippen molar-refractivity contribution in [2.24, 2.45) is 11.7 Å². The summed E-state index contributed by atoms with van der Waals surface area (Å²) >= 11 is 7.84. The first kappa shape index (κ1) is 11.9. The van der Waals surface area contributed by atoms with Crippen molar-refractivity contribution in [1.29, 1.82) is 0 Å². The second-order valence-corrected chi connectivity index (χ2v) is 6.02. The quantitative estimate of drug-likeness (QED) is 0.871. The van der Waals surface area contributed by atoms with Gasteiger partial charge in [0.1, 0.15) is 0 Å². The molecule has 0 atom stereocenters. The highest BCUT2D eigenvalue weighted by molar-refractivity contribution is 7.19. The summed E-state index contributed by atoms with van der Waals surface area (Å²) < 4.78 is 1.29. The van der Waals surface area contributed by atoms with Crippen LogP contribution < -0.4 is 5.73 Å². The van der Waals surface area contributed by atoms with Crippen molar-refractivity contribution in [3.05, 3.63) is 33.7 Å². The third kappa shape index (κ3) is 2.24. The second kappa shape index (κ2) is 4.74. The summed E-state index contributed by atoms with van der Waals surface area (Å²) in [6, 6.07) is 6.09. The van der Waals surface area contributed by atoms with Crippen LogP contribution >= 0.6 is 22.9 Å². The van der Waals surface area contributed by atoms with Gasteiger partial charge in [-0.15, -0.1) is 11.3 Å². The molecule has 0 fully saturated rings. The molecule has 1 aromatic heterocycles. The van der Waals surface area contributed by atoms with E-state index < -0.39 is 0 Å². The molecule has 1 heterocycles. The summed E-state index contributed by atoms with van der Waals surface area (Å²) in [5, 5.41) is 2.09. The van der Waals surface area contributed by atoms with Crippen LogP contribution in [0.4, 0.5) is 0 Å². The number of nitrogens with two attached hydrogens (primary N) is 1. The van der Waals surface area contributed by atoms with Crippen molar-refractivity contribution in [3.8, 4) is 0 Å². The molecule has 0 aliphatic rings. The Morgan fingerprint density at radius 1 is 1.38 bits per heavy atom. The Bertz CT molecular complexity index is 502. The molecule has 16 heavy (non-hydrogen) atoms. The summed E-state index contributed by atoms with van der Waals surface area (Å²) in [5.41, 5.74) is 7.19. The number of thiophene rings is 1. The number of hydrogen-bond acceptors (Lipinski definition) is 2. The second-order valence-electron chi connectivity index (χ2n) is 4.45. The standard InChI is InChI=1S/C13H16ClNS/c1-8(2)5-10-11-6-9(14)3-4-12(11)16-13(10)7-15/h3-4,6,8H,5,7,15H2,1-2H3. The van der Waals surface area contributed by atoms with E-state index in [4.69, 9.17) is 17.3 Å². The molecule has 3 heteroatoms. The molecule has 1 nitrogen and oxygen atoms in total. The Balaban J connectivity index is 2.60. The fraction of sp³-hybridized carbons (Fsp3) is 0.385. The maximum atomic E-state index is 6.05. The largest absolute Gasteiger partial charge is 0.326 e. The first-order valence-electron chi connectivity index (χ1n) is 5.51. The van der Waals surface area contributed by atoms with Crippen molar-refractivity contribution in [2.75, 3.05) is 0 Å². The van der Waals surface area contributed by atoms with Gasteiger partial charge >= 0.3 is 0 Å². The number of rotatable bonds is 3. The van der Waals surface area contributed by atoms with Gasteiger partial charge in [-0.3, -0.25) is 0 Å². The molecule has 1 aromatic carbocycles. The Kier molecular flexibility index (Phi) is 3.53. The molecule has 0 radical (unpaired) electrons. The molecule has 0 bridgehead atoms. The molecule has 0 spiro atoms. The summed E-state index contributed by atoms with van der Waals surface area (Å²) in [7, 11) is 0. The van der Waals surface area contributed by atoms with E-state index in [1.807, 2.05) is 6.07 Å². The molecular weight excluding hydrogens is 238 g/mol. The Morgan fingerprint density at radius 3 is 2.75 bits per heavy atom. The van der Waals surface area contributed by atoms with Crippen LogP contribution in [0.15, 0.2) is 18.2 Å². The maximum absolute atomic E-state index is 6.05. The number of hydrogen-bond donors (Lipinski definition) is 1. The third-order valence-corrected chi connectivity index (χ3v) is 4.10. The summed E-state index contributed by atoms with van der Waals surface area (Å²) in [6.07, 6.45) is 1.08. The molecule has 2 aromatic rings. The normalized spacial score (nSPS) is 11.6. The van der Waals surface area contributed by atoms with Gasteiger partial charge in [-0.2, -0.15) is 0 Å². The Labute approximate surface area is 105 Å². The van der Waals surface area contributed by atoms with Gasteiger partial charge in [0.25, 0.3) is 0 Å². The third-order valence-electron chi connectivity index (χ3n) is 2.63. The molecule has 0 unspecified atom stereocenters. The van der Waals surface area contributed by atoms with Crippen LogP contribution in [0.1, 0.15) is 24.3 Å². The van der Waals surface area contributed by atoms with Gasteiger partial charge in [-0.1, -0.05) is 25.4 Å². The summed E-state index contributed by atoms with van der Waals surface area (Å²) in [6.45, 7) is 5.09. The van der Waals surface area contributed by atoms with Gasteiger partial charge in [0.2, 0.25) is 0 Å². The molecule has 0 aliphatic heterocycles. The van der Waals surface area contributed by atoms with Gasteiger partial charge < -0.3 is 5.73 Å². The number of benzene rings is 1. The van der Waals surface area contributed by atoms with Gasteiger partial charge in [0, 0.05) is 21.1 Å². The minimum atomic E-state index is 0.624. The topological polar surface area (TPSA) is 26.0 Å². The minimum absolute atomic E-state index is 0.624. The van der Waals surface area contributed by atoms with Crippen LogP contribution in [0, 0.1) is 5.92 Å². The van der Waals surface area contributed by atoms with Crippen LogP contribution in [0.5, 0.6) is 0 Å². The molecule has 0 saturated heterocycles. The zero-order chi connectivity index (χ0) is 11.7. The smallest absolute Gasteiger partial charge is 0.0413 e. The van der Waals surface area contributed by atoms with Gasteiger partial charge in [-0.05, 0) is 41.5 Å². The molecule has 0 amide bonds. The highest BCUT2D eigenvalue weighted by Crippen LogP contribution is 2.34. The van der Waals surface area contributed by atoms with Gasteiger partial charge in [0.05, 0.1) is 0 Å². The first-order chi connectivity index (χ1) is 7.61. The van der Waals surface area contributed by atoms with Crippen molar-refractivity contribution >= 4 is 33.0 Å². The molecule has 2 rings (SSSR count). The zero-order valence-corrected chi connectivity index (χ0v) is 11.2. The average Bonchev–Trinajstić information content (AvgIpc) is 2.56. The van der Waals surface area contributed by atoms with E-state index in [0.717, 1.165) is 11.4 Å². The van der Waals surface area contributed by atoms with Crippen LogP contribution in [-0.2, 0) is 13.0 Å². The predicted octanol–water partition coefficient (Wildman–Crippen LogP) is 4.21. The lowest BCUT2D eigenvalue weighted by Crippen LogP contribution is -2.00. The lowest BCUT2D eigenvalue weighted by Gasteiger charge is -2.06. The SMILES string of the molecule is CC(C)Cc1c(CN)sc2ccc(Cl)cc12. The zero-order valence-electron chi connectivity index (χ0n) is 9.59. The lowest BCUT2D eigenvalue weighted by atomic mass is 10.00. The van der Waals surface area contributed by atoms with Crippen molar-refractivity contribution in [1.82, 2.24) is 0 Å². The molecule has 2 N–H and O–H groups in total. The fourth-order valence-corrected chi connectivity index (χ4v) is 3.23. The van der Waals surface area contributed by atoms with E-state index in [1.54, 1.807) is 11.3 Å². The highest BCUT2D eigenvalue weighted by Gasteiger charge is 2.12. The number of halogens is 1. The molecular formula is C13H16ClNS. The van der Waals surface area contributed by atoms with Gasteiger partial charge in [-0.25, -0.2) is 0 Å². The summed E-state index contributed by atoms with van der Waals surface area (Å²) in [4.78, 5) is 1.30. The van der Waals surface area contributed by atoms with Crippen LogP contribution in [0.25, 0.3) is 10.1 Å². The molecule has 0 aliphatic carbocycles. The minimum Gasteiger partial charge on any atom is -0.326 e. The van der Waals surface area contributed by atoms with Crippen molar-refractivity contribution < 1.29 is 0 Å². The molecule has 0 saturated carbocycles. The maximum Gasteiger partial charge on any atom is 0.0413 e. The number of fused-ring (bicyclic) bond motifs is 1. The monoisotopic (exact) mass is 253 g/mol. The van der Waals surface area contributed by atoms with Crippen LogP contribution in [-0.4, -0.2) is 0 Å². The van der Waals surface area contributed by atoms with E-state index in [9.17, 15) is 0 Å². The molecule has 86 valence electrons. The fourth-order valence-electron chi connectivity index (χ4n) is 1.97.